The quantitative estimate of drug-likeness (QED) is 0.798. The second-order valence-electron chi connectivity index (χ2n) is 6.72. The normalized spacial score (nSPS) is 35.3. The van der Waals surface area contributed by atoms with E-state index in [1.165, 1.54) is 0 Å². The van der Waals surface area contributed by atoms with E-state index in [1.807, 2.05) is 0 Å². The largest absolute Gasteiger partial charge is 0.522 e. The van der Waals surface area contributed by atoms with Crippen molar-refractivity contribution >= 4 is 0 Å². The van der Waals surface area contributed by atoms with Crippen molar-refractivity contribution in [3.8, 4) is 12.3 Å². The van der Waals surface area contributed by atoms with Gasteiger partial charge in [0.2, 0.25) is 0 Å². The Morgan fingerprint density at radius 2 is 1.35 bits per heavy atom. The number of alkyl halides is 3. The van der Waals surface area contributed by atoms with Crippen LogP contribution in [0.1, 0.15) is 51.4 Å². The Bertz CT molecular complexity index is 416. The zero-order valence-corrected chi connectivity index (χ0v) is 13.4. The zero-order chi connectivity index (χ0) is 17.1. The molecule has 2 saturated carbocycles. The fourth-order valence-corrected chi connectivity index (χ4v) is 4.12. The van der Waals surface area contributed by atoms with E-state index in [2.05, 4.69) is 10.7 Å². The standard InChI is InChI=1S/C17H25F3O3/c1-3-16(21,12-4-8-14(22-2)9-5-12)13-6-10-15(11-7-13)23-17(18,19)20/h1,12-15,21H,4-11H2,2H3. The highest BCUT2D eigenvalue weighted by atomic mass is 19.4. The highest BCUT2D eigenvalue weighted by Gasteiger charge is 2.46. The first-order valence-electron chi connectivity index (χ1n) is 8.26. The molecule has 3 nitrogen and oxygen atoms in total. The summed E-state index contributed by atoms with van der Waals surface area (Å²) in [5.41, 5.74) is -1.23. The molecule has 0 aromatic carbocycles. The Balaban J connectivity index is 1.93. The molecule has 0 aliphatic heterocycles. The second kappa shape index (κ2) is 7.42. The third kappa shape index (κ3) is 4.62. The fraction of sp³-hybridized carbons (Fsp3) is 0.882. The van der Waals surface area contributed by atoms with Crippen molar-refractivity contribution in [2.45, 2.75) is 75.5 Å². The van der Waals surface area contributed by atoms with Gasteiger partial charge in [-0.05, 0) is 63.2 Å². The Hall–Kier alpha value is -0.770. The van der Waals surface area contributed by atoms with Crippen LogP contribution in [0, 0.1) is 24.2 Å². The topological polar surface area (TPSA) is 38.7 Å². The third-order valence-electron chi connectivity index (χ3n) is 5.46. The van der Waals surface area contributed by atoms with Crippen molar-refractivity contribution in [2.75, 3.05) is 7.11 Å². The first kappa shape index (κ1) is 18.6. The maximum atomic E-state index is 12.3. The van der Waals surface area contributed by atoms with E-state index >= 15 is 0 Å². The molecule has 0 aromatic rings. The van der Waals surface area contributed by atoms with Gasteiger partial charge in [0, 0.05) is 7.11 Å². The average molecular weight is 334 g/mol. The van der Waals surface area contributed by atoms with Crippen LogP contribution in [0.2, 0.25) is 0 Å². The van der Waals surface area contributed by atoms with Crippen LogP contribution in [0.4, 0.5) is 13.2 Å². The van der Waals surface area contributed by atoms with Gasteiger partial charge < -0.3 is 9.84 Å². The summed E-state index contributed by atoms with van der Waals surface area (Å²) < 4.78 is 46.3. The van der Waals surface area contributed by atoms with Crippen molar-refractivity contribution in [3.05, 3.63) is 0 Å². The minimum absolute atomic E-state index is 0.0102. The Morgan fingerprint density at radius 1 is 0.913 bits per heavy atom. The van der Waals surface area contributed by atoms with Gasteiger partial charge in [-0.25, -0.2) is 0 Å². The van der Waals surface area contributed by atoms with E-state index in [1.54, 1.807) is 7.11 Å². The molecule has 0 saturated heterocycles. The van der Waals surface area contributed by atoms with E-state index in [-0.39, 0.29) is 30.8 Å². The molecule has 0 bridgehead atoms. The molecular formula is C17H25F3O3. The molecule has 1 unspecified atom stereocenters. The summed E-state index contributed by atoms with van der Waals surface area (Å²) in [5, 5.41) is 11.0. The molecule has 1 N–H and O–H groups in total. The molecule has 6 heteroatoms. The maximum Gasteiger partial charge on any atom is 0.522 e. The van der Waals surface area contributed by atoms with Crippen LogP contribution in [0.25, 0.3) is 0 Å². The van der Waals surface area contributed by atoms with Crippen LogP contribution in [-0.2, 0) is 9.47 Å². The van der Waals surface area contributed by atoms with Crippen molar-refractivity contribution in [3.63, 3.8) is 0 Å². The molecule has 132 valence electrons. The van der Waals surface area contributed by atoms with Crippen molar-refractivity contribution < 1.29 is 27.8 Å². The number of aliphatic hydroxyl groups is 1. The summed E-state index contributed by atoms with van der Waals surface area (Å²) in [4.78, 5) is 0. The lowest BCUT2D eigenvalue weighted by Crippen LogP contribution is -2.48. The zero-order valence-electron chi connectivity index (χ0n) is 13.4. The van der Waals surface area contributed by atoms with Crippen LogP contribution in [0.3, 0.4) is 0 Å². The molecule has 0 aromatic heterocycles. The summed E-state index contributed by atoms with van der Waals surface area (Å²) in [6.45, 7) is 0. The Morgan fingerprint density at radius 3 is 1.70 bits per heavy atom. The van der Waals surface area contributed by atoms with Gasteiger partial charge in [-0.3, -0.25) is 4.74 Å². The SMILES string of the molecule is C#CC(O)(C1CCC(OC)CC1)C1CCC(OC(F)(F)F)CC1. The summed E-state index contributed by atoms with van der Waals surface area (Å²) in [6, 6.07) is 0. The van der Waals surface area contributed by atoms with Gasteiger partial charge in [0.1, 0.15) is 5.60 Å². The van der Waals surface area contributed by atoms with Crippen LogP contribution in [0.5, 0.6) is 0 Å². The van der Waals surface area contributed by atoms with E-state index < -0.39 is 18.1 Å². The van der Waals surface area contributed by atoms with Crippen molar-refractivity contribution in [2.24, 2.45) is 11.8 Å². The highest BCUT2D eigenvalue weighted by molar-refractivity contribution is 5.15. The molecule has 0 heterocycles. The van der Waals surface area contributed by atoms with Gasteiger partial charge in [0.15, 0.2) is 0 Å². The molecule has 2 rings (SSSR count). The average Bonchev–Trinajstić information content (AvgIpc) is 2.53. The predicted molar refractivity (Wildman–Crippen MR) is 79.4 cm³/mol. The second-order valence-corrected chi connectivity index (χ2v) is 6.72. The number of hydrogen-bond acceptors (Lipinski definition) is 3. The number of halogens is 3. The molecule has 0 radical (unpaired) electrons. The van der Waals surface area contributed by atoms with Gasteiger partial charge in [-0.1, -0.05) is 5.92 Å². The Kier molecular flexibility index (Phi) is 5.99. The minimum atomic E-state index is -4.60. The third-order valence-corrected chi connectivity index (χ3v) is 5.46. The van der Waals surface area contributed by atoms with Gasteiger partial charge in [0.25, 0.3) is 0 Å². The van der Waals surface area contributed by atoms with E-state index in [0.717, 1.165) is 25.7 Å². The molecule has 2 aliphatic carbocycles. The molecule has 23 heavy (non-hydrogen) atoms. The molecule has 2 fully saturated rings. The Labute approximate surface area is 135 Å². The highest BCUT2D eigenvalue weighted by Crippen LogP contribution is 2.43. The van der Waals surface area contributed by atoms with E-state index in [9.17, 15) is 18.3 Å². The van der Waals surface area contributed by atoms with Gasteiger partial charge in [-0.15, -0.1) is 19.6 Å². The van der Waals surface area contributed by atoms with E-state index in [4.69, 9.17) is 11.2 Å². The summed E-state index contributed by atoms with van der Waals surface area (Å²) in [7, 11) is 1.68. The molecule has 0 amide bonds. The predicted octanol–water partition coefficient (Wildman–Crippen LogP) is 3.65. The smallest absolute Gasteiger partial charge is 0.381 e. The van der Waals surface area contributed by atoms with Gasteiger partial charge >= 0.3 is 6.36 Å². The van der Waals surface area contributed by atoms with Crippen LogP contribution in [0.15, 0.2) is 0 Å². The van der Waals surface area contributed by atoms with Gasteiger partial charge in [0.05, 0.1) is 12.2 Å². The maximum absolute atomic E-state index is 12.3. The van der Waals surface area contributed by atoms with Crippen LogP contribution >= 0.6 is 0 Å². The summed E-state index contributed by atoms with van der Waals surface area (Å²) in [5.74, 6) is 2.39. The van der Waals surface area contributed by atoms with E-state index in [0.29, 0.717) is 12.8 Å². The fourth-order valence-electron chi connectivity index (χ4n) is 4.12. The number of rotatable bonds is 4. The first-order chi connectivity index (χ1) is 10.8. The lowest BCUT2D eigenvalue weighted by atomic mass is 9.66. The number of methoxy groups -OCH3 is 1. The number of ether oxygens (including phenoxy) is 2. The molecule has 1 atom stereocenters. The number of hydrogen-bond donors (Lipinski definition) is 1. The van der Waals surface area contributed by atoms with Crippen molar-refractivity contribution in [1.29, 1.82) is 0 Å². The van der Waals surface area contributed by atoms with Crippen LogP contribution < -0.4 is 0 Å². The number of terminal acetylenes is 1. The monoisotopic (exact) mass is 334 g/mol. The molecular weight excluding hydrogens is 309 g/mol. The summed E-state index contributed by atoms with van der Waals surface area (Å²) >= 11 is 0. The minimum Gasteiger partial charge on any atom is -0.381 e. The van der Waals surface area contributed by atoms with Crippen LogP contribution in [-0.4, -0.2) is 36.4 Å². The van der Waals surface area contributed by atoms with Gasteiger partial charge in [-0.2, -0.15) is 0 Å². The molecule has 0 spiro atoms. The summed E-state index contributed by atoms with van der Waals surface area (Å²) in [6.07, 6.45) is 5.21. The van der Waals surface area contributed by atoms with Crippen molar-refractivity contribution in [1.82, 2.24) is 0 Å². The lowest BCUT2D eigenvalue weighted by Gasteiger charge is -2.44. The first-order valence-corrected chi connectivity index (χ1v) is 8.26. The molecule has 2 aliphatic rings. The lowest BCUT2D eigenvalue weighted by molar-refractivity contribution is -0.346.